The average Bonchev–Trinajstić information content (AvgIpc) is 3.07. The van der Waals surface area contributed by atoms with Gasteiger partial charge in [0, 0.05) is 22.2 Å². The van der Waals surface area contributed by atoms with Crippen molar-refractivity contribution in [1.82, 2.24) is 0 Å². The van der Waals surface area contributed by atoms with Gasteiger partial charge in [0.15, 0.2) is 6.79 Å². The summed E-state index contributed by atoms with van der Waals surface area (Å²) in [5, 5.41) is 11.0. The molecule has 1 aromatic heterocycles. The summed E-state index contributed by atoms with van der Waals surface area (Å²) in [6.45, 7) is 0.450. The van der Waals surface area contributed by atoms with Crippen LogP contribution in [-0.2, 0) is 27.5 Å². The fraction of sp³-hybridized carbons (Fsp3) is 0.188. The summed E-state index contributed by atoms with van der Waals surface area (Å²) >= 11 is 6.03. The Hall–Kier alpha value is -2.84. The van der Waals surface area contributed by atoms with Gasteiger partial charge in [-0.3, -0.25) is 10.1 Å². The van der Waals surface area contributed by atoms with Crippen LogP contribution in [0.15, 0.2) is 34.8 Å². The van der Waals surface area contributed by atoms with E-state index in [9.17, 15) is 14.9 Å². The van der Waals surface area contributed by atoms with Gasteiger partial charge in [0.05, 0.1) is 12.7 Å². The molecular formula is C16H12ClNO7. The highest BCUT2D eigenvalue weighted by atomic mass is 35.5. The maximum atomic E-state index is 11.8. The number of carbonyl (C=O) groups is 1. The number of hydrogen-bond donors (Lipinski definition) is 0. The van der Waals surface area contributed by atoms with Crippen molar-refractivity contribution in [2.24, 2.45) is 0 Å². The quantitative estimate of drug-likeness (QED) is 0.346. The van der Waals surface area contributed by atoms with Gasteiger partial charge in [-0.2, -0.15) is 0 Å². The van der Waals surface area contributed by atoms with E-state index in [1.165, 1.54) is 18.2 Å². The van der Waals surface area contributed by atoms with Gasteiger partial charge in [-0.15, -0.1) is 0 Å². The Morgan fingerprint density at radius 1 is 1.40 bits per heavy atom. The number of ether oxygens (including phenoxy) is 3. The Morgan fingerprint density at radius 3 is 3.00 bits per heavy atom. The van der Waals surface area contributed by atoms with Crippen LogP contribution in [0.2, 0.25) is 5.02 Å². The van der Waals surface area contributed by atoms with Crippen LogP contribution in [-0.4, -0.2) is 17.7 Å². The van der Waals surface area contributed by atoms with Crippen LogP contribution in [0.1, 0.15) is 16.9 Å². The molecule has 0 amide bonds. The van der Waals surface area contributed by atoms with Crippen molar-refractivity contribution in [1.29, 1.82) is 0 Å². The Morgan fingerprint density at radius 2 is 2.24 bits per heavy atom. The molecule has 0 fully saturated rings. The lowest BCUT2D eigenvalue weighted by Gasteiger charge is -2.20. The fourth-order valence-electron chi connectivity index (χ4n) is 2.24. The third kappa shape index (κ3) is 4.17. The lowest BCUT2D eigenvalue weighted by molar-refractivity contribution is -0.402. The van der Waals surface area contributed by atoms with E-state index >= 15 is 0 Å². The van der Waals surface area contributed by atoms with Crippen molar-refractivity contribution < 1.29 is 28.3 Å². The standard InChI is InChI=1S/C16H12ClNO7/c17-12-5-10-7-22-9-24-16(10)11(6-12)8-23-15(19)4-2-13-1-3-14(25-13)18(20)21/h1-6H,7-9H2/b4-2+. The number of rotatable bonds is 5. The van der Waals surface area contributed by atoms with Crippen LogP contribution < -0.4 is 4.74 Å². The molecule has 0 radical (unpaired) electrons. The van der Waals surface area contributed by atoms with E-state index in [2.05, 4.69) is 0 Å². The summed E-state index contributed by atoms with van der Waals surface area (Å²) in [6.07, 6.45) is 2.40. The third-order valence-corrected chi connectivity index (χ3v) is 3.52. The van der Waals surface area contributed by atoms with Crippen molar-refractivity contribution in [2.75, 3.05) is 6.79 Å². The molecule has 0 bridgehead atoms. The minimum Gasteiger partial charge on any atom is -0.467 e. The molecule has 2 heterocycles. The van der Waals surface area contributed by atoms with E-state index in [4.69, 9.17) is 30.2 Å². The van der Waals surface area contributed by atoms with Gasteiger partial charge in [-0.05, 0) is 24.3 Å². The van der Waals surface area contributed by atoms with E-state index in [0.29, 0.717) is 22.9 Å². The van der Waals surface area contributed by atoms with Gasteiger partial charge >= 0.3 is 11.9 Å². The highest BCUT2D eigenvalue weighted by Gasteiger charge is 2.17. The molecule has 0 spiro atoms. The van der Waals surface area contributed by atoms with Gasteiger partial charge in [-0.1, -0.05) is 11.6 Å². The van der Waals surface area contributed by atoms with Gasteiger partial charge < -0.3 is 18.6 Å². The highest BCUT2D eigenvalue weighted by molar-refractivity contribution is 6.30. The van der Waals surface area contributed by atoms with Crippen LogP contribution in [0.4, 0.5) is 5.88 Å². The van der Waals surface area contributed by atoms with Gasteiger partial charge in [0.2, 0.25) is 0 Å². The molecule has 1 aliphatic rings. The van der Waals surface area contributed by atoms with Crippen LogP contribution >= 0.6 is 11.6 Å². The maximum Gasteiger partial charge on any atom is 0.433 e. The predicted octanol–water partition coefficient (Wildman–Crippen LogP) is 3.46. The molecule has 0 unspecified atom stereocenters. The topological polar surface area (TPSA) is 101 Å². The smallest absolute Gasteiger partial charge is 0.433 e. The minimum atomic E-state index is -0.665. The Balaban J connectivity index is 1.63. The zero-order valence-electron chi connectivity index (χ0n) is 12.8. The van der Waals surface area contributed by atoms with Crippen LogP contribution in [0.5, 0.6) is 5.75 Å². The second-order valence-electron chi connectivity index (χ2n) is 5.04. The number of hydrogen-bond acceptors (Lipinski definition) is 7. The maximum absolute atomic E-state index is 11.8. The molecule has 0 atom stereocenters. The molecule has 1 aliphatic heterocycles. The SMILES string of the molecule is O=C(/C=C/c1ccc([N+](=O)[O-])o1)OCc1cc(Cl)cc2c1OCOC2. The molecule has 1 aromatic carbocycles. The van der Waals surface area contributed by atoms with Crippen molar-refractivity contribution in [3.05, 3.63) is 62.4 Å². The van der Waals surface area contributed by atoms with Crippen molar-refractivity contribution in [3.8, 4) is 5.75 Å². The van der Waals surface area contributed by atoms with Crippen molar-refractivity contribution in [3.63, 3.8) is 0 Å². The largest absolute Gasteiger partial charge is 0.467 e. The van der Waals surface area contributed by atoms with Crippen LogP contribution in [0, 0.1) is 10.1 Å². The van der Waals surface area contributed by atoms with Crippen LogP contribution in [0.3, 0.4) is 0 Å². The number of nitro groups is 1. The molecule has 25 heavy (non-hydrogen) atoms. The monoisotopic (exact) mass is 365 g/mol. The minimum absolute atomic E-state index is 0.0373. The number of esters is 1. The fourth-order valence-corrected chi connectivity index (χ4v) is 2.50. The first-order valence-corrected chi connectivity index (χ1v) is 7.51. The Bertz CT molecular complexity index is 843. The number of carbonyl (C=O) groups excluding carboxylic acids is 1. The average molecular weight is 366 g/mol. The van der Waals surface area contributed by atoms with E-state index in [1.807, 2.05) is 0 Å². The molecule has 0 N–H and O–H groups in total. The Labute approximate surface area is 146 Å². The first-order chi connectivity index (χ1) is 12.0. The zero-order chi connectivity index (χ0) is 17.8. The normalized spacial score (nSPS) is 13.3. The van der Waals surface area contributed by atoms with Gasteiger partial charge in [0.25, 0.3) is 0 Å². The summed E-state index contributed by atoms with van der Waals surface area (Å²) in [7, 11) is 0. The van der Waals surface area contributed by atoms with E-state index in [1.54, 1.807) is 12.1 Å². The molecule has 8 nitrogen and oxygen atoms in total. The van der Waals surface area contributed by atoms with E-state index in [0.717, 1.165) is 11.6 Å². The molecular weight excluding hydrogens is 354 g/mol. The van der Waals surface area contributed by atoms with Crippen LogP contribution in [0.25, 0.3) is 6.08 Å². The van der Waals surface area contributed by atoms with Gasteiger partial charge in [-0.25, -0.2) is 4.79 Å². The third-order valence-electron chi connectivity index (χ3n) is 3.30. The summed E-state index contributed by atoms with van der Waals surface area (Å²) in [5.41, 5.74) is 1.41. The Kier molecular flexibility index (Phi) is 5.01. The summed E-state index contributed by atoms with van der Waals surface area (Å²) in [5.74, 6) is -0.281. The van der Waals surface area contributed by atoms with Crippen molar-refractivity contribution in [2.45, 2.75) is 13.2 Å². The second kappa shape index (κ2) is 7.37. The number of benzene rings is 1. The number of furan rings is 1. The first-order valence-electron chi connectivity index (χ1n) is 7.14. The second-order valence-corrected chi connectivity index (χ2v) is 5.47. The summed E-state index contributed by atoms with van der Waals surface area (Å²) in [6, 6.07) is 5.95. The molecule has 3 rings (SSSR count). The lowest BCUT2D eigenvalue weighted by atomic mass is 10.1. The molecule has 2 aromatic rings. The molecule has 9 heteroatoms. The number of fused-ring (bicyclic) bond motifs is 1. The lowest BCUT2D eigenvalue weighted by Crippen LogP contribution is -2.14. The number of halogens is 1. The van der Waals surface area contributed by atoms with Crippen molar-refractivity contribution >= 4 is 29.5 Å². The molecule has 0 saturated carbocycles. The van der Waals surface area contributed by atoms with E-state index in [-0.39, 0.29) is 19.2 Å². The van der Waals surface area contributed by atoms with E-state index < -0.39 is 16.8 Å². The van der Waals surface area contributed by atoms with Gasteiger partial charge in [0.1, 0.15) is 23.0 Å². The molecule has 130 valence electrons. The molecule has 0 saturated heterocycles. The summed E-state index contributed by atoms with van der Waals surface area (Å²) in [4.78, 5) is 21.7. The first kappa shape index (κ1) is 17.0. The molecule has 0 aliphatic carbocycles. The predicted molar refractivity (Wildman–Crippen MR) is 85.9 cm³/mol. The highest BCUT2D eigenvalue weighted by Crippen LogP contribution is 2.32. The number of nitrogens with zero attached hydrogens (tertiary/aromatic N) is 1. The zero-order valence-corrected chi connectivity index (χ0v) is 13.5. The summed E-state index contributed by atoms with van der Waals surface area (Å²) < 4.78 is 20.7.